The number of anilines is 1. The fourth-order valence-corrected chi connectivity index (χ4v) is 3.93. The summed E-state index contributed by atoms with van der Waals surface area (Å²) in [5.74, 6) is -0.538. The SMILES string of the molecule is Cc1n[nH]c(C)c1S(=O)(=O)N(C)CC(=O)Nc1cc(Cl)ccc1Cl. The zero-order chi connectivity index (χ0) is 18.1. The van der Waals surface area contributed by atoms with Gasteiger partial charge in [0.05, 0.1) is 28.6 Å². The first-order chi connectivity index (χ1) is 11.1. The summed E-state index contributed by atoms with van der Waals surface area (Å²) in [6.07, 6.45) is 0. The molecule has 0 aliphatic rings. The Morgan fingerprint density at radius 1 is 1.33 bits per heavy atom. The number of amides is 1. The van der Waals surface area contributed by atoms with Crippen LogP contribution in [0.2, 0.25) is 10.0 Å². The largest absolute Gasteiger partial charge is 0.324 e. The molecule has 0 fully saturated rings. The number of nitrogens with zero attached hydrogens (tertiary/aromatic N) is 2. The molecule has 0 saturated heterocycles. The van der Waals surface area contributed by atoms with Crippen LogP contribution in [0.5, 0.6) is 0 Å². The van der Waals surface area contributed by atoms with Crippen molar-refractivity contribution in [1.82, 2.24) is 14.5 Å². The number of carbonyl (C=O) groups is 1. The number of rotatable bonds is 5. The van der Waals surface area contributed by atoms with Gasteiger partial charge in [0, 0.05) is 12.1 Å². The molecule has 24 heavy (non-hydrogen) atoms. The van der Waals surface area contributed by atoms with Crippen molar-refractivity contribution in [2.45, 2.75) is 18.7 Å². The molecule has 1 aromatic heterocycles. The minimum Gasteiger partial charge on any atom is -0.324 e. The van der Waals surface area contributed by atoms with E-state index in [0.29, 0.717) is 27.1 Å². The van der Waals surface area contributed by atoms with Crippen molar-refractivity contribution >= 4 is 44.8 Å². The predicted octanol–water partition coefficient (Wildman–Crippen LogP) is 2.59. The predicted molar refractivity (Wildman–Crippen MR) is 93.0 cm³/mol. The average molecular weight is 391 g/mol. The second-order valence-corrected chi connectivity index (χ2v) is 8.02. The molecule has 7 nitrogen and oxygen atoms in total. The Labute approximate surface area is 150 Å². The summed E-state index contributed by atoms with van der Waals surface area (Å²) in [7, 11) is -2.52. The molecule has 130 valence electrons. The van der Waals surface area contributed by atoms with Gasteiger partial charge in [0.1, 0.15) is 4.90 Å². The second-order valence-electron chi connectivity index (χ2n) is 5.20. The molecule has 1 amide bonds. The van der Waals surface area contributed by atoms with Gasteiger partial charge in [0.2, 0.25) is 15.9 Å². The van der Waals surface area contributed by atoms with Crippen LogP contribution in [0.25, 0.3) is 0 Å². The summed E-state index contributed by atoms with van der Waals surface area (Å²) < 4.78 is 26.1. The van der Waals surface area contributed by atoms with Crippen LogP contribution >= 0.6 is 23.2 Å². The van der Waals surface area contributed by atoms with Gasteiger partial charge in [-0.2, -0.15) is 9.40 Å². The number of sulfonamides is 1. The molecular weight excluding hydrogens is 375 g/mol. The molecule has 0 radical (unpaired) electrons. The van der Waals surface area contributed by atoms with Gasteiger partial charge in [0.15, 0.2) is 0 Å². The quantitative estimate of drug-likeness (QED) is 0.819. The summed E-state index contributed by atoms with van der Waals surface area (Å²) in [6.45, 7) is 2.80. The summed E-state index contributed by atoms with van der Waals surface area (Å²) >= 11 is 11.8. The Morgan fingerprint density at radius 3 is 2.58 bits per heavy atom. The van der Waals surface area contributed by atoms with Crippen molar-refractivity contribution in [3.63, 3.8) is 0 Å². The van der Waals surface area contributed by atoms with Crippen LogP contribution in [-0.4, -0.2) is 42.4 Å². The number of likely N-dealkylation sites (N-methyl/N-ethyl adjacent to an activating group) is 1. The molecule has 2 rings (SSSR count). The highest BCUT2D eigenvalue weighted by atomic mass is 35.5. The van der Waals surface area contributed by atoms with Crippen molar-refractivity contribution in [3.05, 3.63) is 39.6 Å². The van der Waals surface area contributed by atoms with Gasteiger partial charge >= 0.3 is 0 Å². The third-order valence-corrected chi connectivity index (χ3v) is 5.93. The maximum absolute atomic E-state index is 12.6. The number of H-pyrrole nitrogens is 1. The van der Waals surface area contributed by atoms with Crippen molar-refractivity contribution < 1.29 is 13.2 Å². The molecule has 0 saturated carbocycles. The molecule has 10 heteroatoms. The lowest BCUT2D eigenvalue weighted by Crippen LogP contribution is -2.35. The zero-order valence-electron chi connectivity index (χ0n) is 13.2. The fourth-order valence-electron chi connectivity index (χ4n) is 2.15. The van der Waals surface area contributed by atoms with E-state index in [1.807, 2.05) is 0 Å². The molecule has 0 bridgehead atoms. The smallest absolute Gasteiger partial charge is 0.246 e. The van der Waals surface area contributed by atoms with E-state index in [1.54, 1.807) is 19.9 Å². The number of hydrogen-bond donors (Lipinski definition) is 2. The van der Waals surface area contributed by atoms with Crippen LogP contribution < -0.4 is 5.32 Å². The maximum atomic E-state index is 12.6. The summed E-state index contributed by atoms with van der Waals surface area (Å²) in [5.41, 5.74) is 1.07. The number of aromatic amines is 1. The Bertz CT molecular complexity index is 861. The van der Waals surface area contributed by atoms with Gasteiger partial charge in [0.25, 0.3) is 0 Å². The van der Waals surface area contributed by atoms with E-state index < -0.39 is 15.9 Å². The van der Waals surface area contributed by atoms with E-state index in [0.717, 1.165) is 4.31 Å². The van der Waals surface area contributed by atoms with Crippen LogP contribution in [0.1, 0.15) is 11.4 Å². The Morgan fingerprint density at radius 2 is 2.00 bits per heavy atom. The first kappa shape index (κ1) is 18.7. The third kappa shape index (κ3) is 3.89. The number of aryl methyl sites for hydroxylation is 2. The number of benzene rings is 1. The lowest BCUT2D eigenvalue weighted by atomic mass is 10.3. The summed E-state index contributed by atoms with van der Waals surface area (Å²) in [4.78, 5) is 12.2. The van der Waals surface area contributed by atoms with Crippen molar-refractivity contribution in [2.75, 3.05) is 18.9 Å². The van der Waals surface area contributed by atoms with Gasteiger partial charge in [-0.25, -0.2) is 8.42 Å². The molecule has 2 aromatic rings. The van der Waals surface area contributed by atoms with Gasteiger partial charge < -0.3 is 5.32 Å². The van der Waals surface area contributed by atoms with Gasteiger partial charge in [-0.1, -0.05) is 23.2 Å². The van der Waals surface area contributed by atoms with Crippen LogP contribution in [0.3, 0.4) is 0 Å². The van der Waals surface area contributed by atoms with Gasteiger partial charge in [-0.15, -0.1) is 0 Å². The van der Waals surface area contributed by atoms with E-state index in [9.17, 15) is 13.2 Å². The minimum absolute atomic E-state index is 0.0681. The number of nitrogens with one attached hydrogen (secondary N) is 2. The van der Waals surface area contributed by atoms with E-state index in [1.165, 1.54) is 19.2 Å². The highest BCUT2D eigenvalue weighted by molar-refractivity contribution is 7.89. The van der Waals surface area contributed by atoms with E-state index in [-0.39, 0.29) is 11.4 Å². The fraction of sp³-hybridized carbons (Fsp3) is 0.286. The molecule has 0 aliphatic heterocycles. The normalized spacial score (nSPS) is 11.8. The van der Waals surface area contributed by atoms with Crippen molar-refractivity contribution in [3.8, 4) is 0 Å². The topological polar surface area (TPSA) is 95.2 Å². The lowest BCUT2D eigenvalue weighted by molar-refractivity contribution is -0.116. The van der Waals surface area contributed by atoms with Crippen LogP contribution in [0.15, 0.2) is 23.1 Å². The molecule has 1 heterocycles. The highest BCUT2D eigenvalue weighted by Gasteiger charge is 2.28. The molecular formula is C14H16Cl2N4O3S. The monoisotopic (exact) mass is 390 g/mol. The third-order valence-electron chi connectivity index (χ3n) is 3.30. The standard InChI is InChI=1S/C14H16Cl2N4O3S/c1-8-14(9(2)19-18-8)24(22,23)20(3)7-13(21)17-12-6-10(15)4-5-11(12)16/h4-6H,7H2,1-3H3,(H,17,21)(H,18,19). The molecule has 0 aliphatic carbocycles. The van der Waals surface area contributed by atoms with E-state index in [4.69, 9.17) is 23.2 Å². The summed E-state index contributed by atoms with van der Waals surface area (Å²) in [5, 5.41) is 9.74. The van der Waals surface area contributed by atoms with Gasteiger partial charge in [-0.05, 0) is 32.0 Å². The van der Waals surface area contributed by atoms with Crippen LogP contribution in [0.4, 0.5) is 5.69 Å². The van der Waals surface area contributed by atoms with Crippen LogP contribution in [-0.2, 0) is 14.8 Å². The van der Waals surface area contributed by atoms with Crippen LogP contribution in [0, 0.1) is 13.8 Å². The molecule has 0 atom stereocenters. The first-order valence-electron chi connectivity index (χ1n) is 6.85. The Balaban J connectivity index is 2.15. The van der Waals surface area contributed by atoms with Crippen molar-refractivity contribution in [1.29, 1.82) is 0 Å². The summed E-state index contributed by atoms with van der Waals surface area (Å²) in [6, 6.07) is 4.61. The van der Waals surface area contributed by atoms with Crippen molar-refractivity contribution in [2.24, 2.45) is 0 Å². The lowest BCUT2D eigenvalue weighted by Gasteiger charge is -2.17. The minimum atomic E-state index is -3.84. The number of halogens is 2. The number of carbonyl (C=O) groups excluding carboxylic acids is 1. The Hall–Kier alpha value is -1.61. The number of aromatic nitrogens is 2. The average Bonchev–Trinajstić information content (AvgIpc) is 2.82. The molecule has 1 aromatic carbocycles. The first-order valence-corrected chi connectivity index (χ1v) is 9.05. The maximum Gasteiger partial charge on any atom is 0.246 e. The molecule has 0 spiro atoms. The molecule has 0 unspecified atom stereocenters. The molecule has 2 N–H and O–H groups in total. The van der Waals surface area contributed by atoms with Gasteiger partial charge in [-0.3, -0.25) is 9.89 Å². The highest BCUT2D eigenvalue weighted by Crippen LogP contribution is 2.25. The second kappa shape index (κ2) is 7.10. The Kier molecular flexibility index (Phi) is 5.54. The van der Waals surface area contributed by atoms with E-state index in [2.05, 4.69) is 15.5 Å². The van der Waals surface area contributed by atoms with E-state index >= 15 is 0 Å². The zero-order valence-corrected chi connectivity index (χ0v) is 15.6. The number of hydrogen-bond acceptors (Lipinski definition) is 4.